The smallest absolute Gasteiger partial charge is 0.230 e. The molecule has 0 unspecified atom stereocenters. The molecule has 0 bridgehead atoms. The van der Waals surface area contributed by atoms with Gasteiger partial charge in [0.2, 0.25) is 11.8 Å². The van der Waals surface area contributed by atoms with Gasteiger partial charge in [-0.3, -0.25) is 9.59 Å². The molecule has 1 aliphatic heterocycles. The third-order valence-corrected chi connectivity index (χ3v) is 7.37. The fourth-order valence-electron chi connectivity index (χ4n) is 5.59. The van der Waals surface area contributed by atoms with E-state index in [1.165, 1.54) is 31.4 Å². The minimum atomic E-state index is -0.600. The van der Waals surface area contributed by atoms with Crippen molar-refractivity contribution >= 4 is 11.8 Å². The Balaban J connectivity index is 1.36. The molecule has 1 aromatic carbocycles. The lowest BCUT2D eigenvalue weighted by Crippen LogP contribution is -2.52. The Bertz CT molecular complexity index is 730. The number of rotatable bonds is 4. The van der Waals surface area contributed by atoms with Crippen LogP contribution in [0.2, 0.25) is 0 Å². The SMILES string of the molecule is O=C(C1CCCCC1)N1CCC(NC(=O)C2(c3cccc(F)c3)CCCC2)CC1. The van der Waals surface area contributed by atoms with E-state index in [0.29, 0.717) is 5.91 Å². The monoisotopic (exact) mass is 400 g/mol. The molecular weight excluding hydrogens is 367 g/mol. The zero-order valence-corrected chi connectivity index (χ0v) is 17.3. The van der Waals surface area contributed by atoms with E-state index in [9.17, 15) is 14.0 Å². The van der Waals surface area contributed by atoms with E-state index in [4.69, 9.17) is 0 Å². The third-order valence-electron chi connectivity index (χ3n) is 7.37. The van der Waals surface area contributed by atoms with Gasteiger partial charge in [0.15, 0.2) is 0 Å². The van der Waals surface area contributed by atoms with Crippen LogP contribution in [0, 0.1) is 11.7 Å². The number of nitrogens with one attached hydrogen (secondary N) is 1. The van der Waals surface area contributed by atoms with E-state index in [0.717, 1.165) is 70.0 Å². The van der Waals surface area contributed by atoms with Gasteiger partial charge in [0.25, 0.3) is 0 Å². The molecule has 3 aliphatic rings. The van der Waals surface area contributed by atoms with Crippen molar-refractivity contribution in [2.45, 2.75) is 82.1 Å². The zero-order valence-electron chi connectivity index (χ0n) is 17.3. The van der Waals surface area contributed by atoms with Crippen LogP contribution in [0.5, 0.6) is 0 Å². The van der Waals surface area contributed by atoms with Crippen molar-refractivity contribution in [3.63, 3.8) is 0 Å². The van der Waals surface area contributed by atoms with E-state index in [-0.39, 0.29) is 23.7 Å². The van der Waals surface area contributed by atoms with Gasteiger partial charge in [-0.1, -0.05) is 44.2 Å². The van der Waals surface area contributed by atoms with Gasteiger partial charge < -0.3 is 10.2 Å². The fourth-order valence-corrected chi connectivity index (χ4v) is 5.59. The summed E-state index contributed by atoms with van der Waals surface area (Å²) in [4.78, 5) is 28.1. The van der Waals surface area contributed by atoms with Gasteiger partial charge in [0, 0.05) is 25.0 Å². The van der Waals surface area contributed by atoms with Crippen molar-refractivity contribution < 1.29 is 14.0 Å². The summed E-state index contributed by atoms with van der Waals surface area (Å²) in [5, 5.41) is 3.26. The summed E-state index contributed by atoms with van der Waals surface area (Å²) >= 11 is 0. The molecule has 1 saturated heterocycles. The van der Waals surface area contributed by atoms with E-state index >= 15 is 0 Å². The van der Waals surface area contributed by atoms with Crippen LogP contribution in [-0.2, 0) is 15.0 Å². The molecule has 4 nitrogen and oxygen atoms in total. The molecule has 2 saturated carbocycles. The molecule has 0 spiro atoms. The minimum Gasteiger partial charge on any atom is -0.352 e. The highest BCUT2D eigenvalue weighted by Gasteiger charge is 2.43. The van der Waals surface area contributed by atoms with Crippen LogP contribution in [0.25, 0.3) is 0 Å². The van der Waals surface area contributed by atoms with Gasteiger partial charge in [0.1, 0.15) is 5.82 Å². The second-order valence-electron chi connectivity index (χ2n) is 9.21. The first-order valence-corrected chi connectivity index (χ1v) is 11.4. The van der Waals surface area contributed by atoms with Crippen LogP contribution in [0.3, 0.4) is 0 Å². The number of nitrogens with zero attached hydrogens (tertiary/aromatic N) is 1. The molecule has 0 aromatic heterocycles. The second kappa shape index (κ2) is 8.85. The Labute approximate surface area is 173 Å². The van der Waals surface area contributed by atoms with Gasteiger partial charge in [-0.2, -0.15) is 0 Å². The van der Waals surface area contributed by atoms with Crippen LogP contribution in [-0.4, -0.2) is 35.8 Å². The number of halogens is 1. The van der Waals surface area contributed by atoms with E-state index in [1.54, 1.807) is 6.07 Å². The summed E-state index contributed by atoms with van der Waals surface area (Å²) in [6.07, 6.45) is 10.8. The van der Waals surface area contributed by atoms with Crippen LogP contribution < -0.4 is 5.32 Å². The number of likely N-dealkylation sites (tertiary alicyclic amines) is 1. The summed E-state index contributed by atoms with van der Waals surface area (Å²) in [7, 11) is 0. The van der Waals surface area contributed by atoms with Crippen molar-refractivity contribution in [2.75, 3.05) is 13.1 Å². The average molecular weight is 401 g/mol. The van der Waals surface area contributed by atoms with Crippen molar-refractivity contribution in [1.82, 2.24) is 10.2 Å². The van der Waals surface area contributed by atoms with Crippen LogP contribution >= 0.6 is 0 Å². The topological polar surface area (TPSA) is 49.4 Å². The Morgan fingerprint density at radius 3 is 2.31 bits per heavy atom. The minimum absolute atomic E-state index is 0.0395. The quantitative estimate of drug-likeness (QED) is 0.818. The molecule has 29 heavy (non-hydrogen) atoms. The number of benzene rings is 1. The highest BCUT2D eigenvalue weighted by molar-refractivity contribution is 5.89. The first kappa shape index (κ1) is 20.4. The van der Waals surface area contributed by atoms with E-state index in [2.05, 4.69) is 5.32 Å². The highest BCUT2D eigenvalue weighted by Crippen LogP contribution is 2.41. The number of carbonyl (C=O) groups excluding carboxylic acids is 2. The normalized spacial score (nSPS) is 23.1. The number of hydrogen-bond acceptors (Lipinski definition) is 2. The summed E-state index contributed by atoms with van der Waals surface area (Å²) in [6, 6.07) is 6.65. The lowest BCUT2D eigenvalue weighted by atomic mass is 9.77. The van der Waals surface area contributed by atoms with Crippen molar-refractivity contribution in [3.05, 3.63) is 35.6 Å². The molecule has 1 N–H and O–H groups in total. The van der Waals surface area contributed by atoms with Gasteiger partial charge in [-0.05, 0) is 56.2 Å². The Morgan fingerprint density at radius 2 is 1.66 bits per heavy atom. The van der Waals surface area contributed by atoms with Crippen molar-refractivity contribution in [2.24, 2.45) is 5.92 Å². The van der Waals surface area contributed by atoms with Crippen LogP contribution in [0.1, 0.15) is 76.2 Å². The van der Waals surface area contributed by atoms with Crippen molar-refractivity contribution in [1.29, 1.82) is 0 Å². The number of hydrogen-bond donors (Lipinski definition) is 1. The summed E-state index contributed by atoms with van der Waals surface area (Å²) in [5.41, 5.74) is 0.203. The summed E-state index contributed by atoms with van der Waals surface area (Å²) < 4.78 is 13.8. The molecule has 1 aromatic rings. The Hall–Kier alpha value is -1.91. The molecule has 1 heterocycles. The molecule has 0 radical (unpaired) electrons. The lowest BCUT2D eigenvalue weighted by molar-refractivity contribution is -0.137. The molecule has 3 fully saturated rings. The maximum absolute atomic E-state index is 13.8. The highest BCUT2D eigenvalue weighted by atomic mass is 19.1. The number of carbonyl (C=O) groups is 2. The summed E-state index contributed by atoms with van der Waals surface area (Å²) in [6.45, 7) is 1.46. The Kier molecular flexibility index (Phi) is 6.21. The van der Waals surface area contributed by atoms with E-state index < -0.39 is 5.41 Å². The van der Waals surface area contributed by atoms with Crippen molar-refractivity contribution in [3.8, 4) is 0 Å². The largest absolute Gasteiger partial charge is 0.352 e. The third kappa shape index (κ3) is 4.34. The van der Waals surface area contributed by atoms with Crippen LogP contribution in [0.4, 0.5) is 4.39 Å². The number of amides is 2. The first-order valence-electron chi connectivity index (χ1n) is 11.4. The maximum Gasteiger partial charge on any atom is 0.230 e. The van der Waals surface area contributed by atoms with Crippen LogP contribution in [0.15, 0.2) is 24.3 Å². The average Bonchev–Trinajstić information content (AvgIpc) is 3.26. The zero-order chi connectivity index (χ0) is 20.3. The standard InChI is InChI=1S/C24H33FN2O2/c25-20-10-6-9-19(17-20)24(13-4-5-14-24)23(29)26-21-11-15-27(16-12-21)22(28)18-7-2-1-3-8-18/h6,9-10,17-18,21H,1-5,7-8,11-16H2,(H,26,29). The molecule has 2 amide bonds. The second-order valence-corrected chi connectivity index (χ2v) is 9.21. The lowest BCUT2D eigenvalue weighted by Gasteiger charge is -2.37. The molecule has 4 rings (SSSR count). The maximum atomic E-state index is 13.8. The first-order chi connectivity index (χ1) is 14.1. The Morgan fingerprint density at radius 1 is 0.966 bits per heavy atom. The van der Waals surface area contributed by atoms with Gasteiger partial charge >= 0.3 is 0 Å². The summed E-state index contributed by atoms with van der Waals surface area (Å²) in [5.74, 6) is 0.292. The molecule has 158 valence electrons. The van der Waals surface area contributed by atoms with Gasteiger partial charge in [-0.15, -0.1) is 0 Å². The number of piperidine rings is 1. The van der Waals surface area contributed by atoms with Gasteiger partial charge in [-0.25, -0.2) is 4.39 Å². The van der Waals surface area contributed by atoms with E-state index in [1.807, 2.05) is 11.0 Å². The molecule has 2 aliphatic carbocycles. The molecular formula is C24H33FN2O2. The van der Waals surface area contributed by atoms with Gasteiger partial charge in [0.05, 0.1) is 5.41 Å². The predicted octanol–water partition coefficient (Wildman–Crippen LogP) is 4.33. The molecule has 5 heteroatoms. The predicted molar refractivity (Wildman–Crippen MR) is 111 cm³/mol. The molecule has 0 atom stereocenters. The fraction of sp³-hybridized carbons (Fsp3) is 0.667.